The molecule has 1 heterocycles. The van der Waals surface area contributed by atoms with E-state index in [2.05, 4.69) is 15.9 Å². The number of ketones is 1. The zero-order valence-electron chi connectivity index (χ0n) is 16.8. The zero-order valence-corrected chi connectivity index (χ0v) is 18.4. The summed E-state index contributed by atoms with van der Waals surface area (Å²) in [5.41, 5.74) is 1.08. The Labute approximate surface area is 183 Å². The summed E-state index contributed by atoms with van der Waals surface area (Å²) in [7, 11) is 0. The Balaban J connectivity index is 2.04. The molecule has 2 N–H and O–H groups in total. The first-order chi connectivity index (χ1) is 14.3. The molecule has 0 saturated carbocycles. The molecule has 0 aromatic heterocycles. The molecule has 6 nitrogen and oxygen atoms in total. The number of halogens is 1. The van der Waals surface area contributed by atoms with E-state index in [1.165, 1.54) is 4.90 Å². The van der Waals surface area contributed by atoms with Gasteiger partial charge in [-0.1, -0.05) is 41.9 Å². The third kappa shape index (κ3) is 4.57. The molecular formula is C23H24BrNO5. The number of β-amino-alcohol motifs (C(OH)–C–C–N with tert-alkyl or cyclic N) is 1. The highest BCUT2D eigenvalue weighted by Gasteiger charge is 2.45. The summed E-state index contributed by atoms with van der Waals surface area (Å²) in [4.78, 5) is 26.7. The van der Waals surface area contributed by atoms with E-state index in [-0.39, 0.29) is 24.5 Å². The number of carbonyl (C=O) groups is 2. The standard InChI is InChI=1S/C23H24BrNO5/c1-14(2)13-30-18-8-6-15(7-9-18)21(27)19-20(16-4-3-5-17(24)12-16)25(10-11-26)23(29)22(19)28/h3-9,12,14,20,26-27H,10-11,13H2,1-2H3/b21-19-. The smallest absolute Gasteiger partial charge is 0.295 e. The Morgan fingerprint density at radius 3 is 2.47 bits per heavy atom. The van der Waals surface area contributed by atoms with Gasteiger partial charge < -0.3 is 19.8 Å². The maximum absolute atomic E-state index is 12.8. The number of likely N-dealkylation sites (tertiary alicyclic amines) is 1. The van der Waals surface area contributed by atoms with Crippen molar-refractivity contribution >= 4 is 33.4 Å². The molecule has 0 aliphatic carbocycles. The normalized spacial score (nSPS) is 18.3. The van der Waals surface area contributed by atoms with Crippen LogP contribution >= 0.6 is 15.9 Å². The number of aliphatic hydroxyl groups excluding tert-OH is 2. The van der Waals surface area contributed by atoms with Crippen LogP contribution in [-0.4, -0.2) is 46.6 Å². The van der Waals surface area contributed by atoms with Gasteiger partial charge in [-0.2, -0.15) is 0 Å². The molecule has 2 aromatic rings. The fraction of sp³-hybridized carbons (Fsp3) is 0.304. The number of hydrogen-bond acceptors (Lipinski definition) is 5. The average molecular weight is 474 g/mol. The van der Waals surface area contributed by atoms with Crippen molar-refractivity contribution in [2.75, 3.05) is 19.8 Å². The third-order valence-corrected chi connectivity index (χ3v) is 5.25. The summed E-state index contributed by atoms with van der Waals surface area (Å²) < 4.78 is 6.44. The lowest BCUT2D eigenvalue weighted by atomic mass is 9.95. The molecule has 0 spiro atoms. The predicted octanol–water partition coefficient (Wildman–Crippen LogP) is 3.90. The predicted molar refractivity (Wildman–Crippen MR) is 117 cm³/mol. The number of rotatable bonds is 7. The van der Waals surface area contributed by atoms with Gasteiger partial charge in [0.25, 0.3) is 11.7 Å². The zero-order chi connectivity index (χ0) is 21.8. The molecular weight excluding hydrogens is 450 g/mol. The van der Waals surface area contributed by atoms with Gasteiger partial charge in [-0.3, -0.25) is 9.59 Å². The molecule has 1 amide bonds. The maximum atomic E-state index is 12.8. The minimum absolute atomic E-state index is 0.00222. The van der Waals surface area contributed by atoms with Crippen molar-refractivity contribution in [2.45, 2.75) is 19.9 Å². The van der Waals surface area contributed by atoms with E-state index in [0.29, 0.717) is 29.4 Å². The number of aliphatic hydroxyl groups is 2. The largest absolute Gasteiger partial charge is 0.507 e. The third-order valence-electron chi connectivity index (χ3n) is 4.76. The number of hydrogen-bond donors (Lipinski definition) is 2. The molecule has 1 aliphatic heterocycles. The number of amides is 1. The number of nitrogens with zero attached hydrogens (tertiary/aromatic N) is 1. The highest BCUT2D eigenvalue weighted by atomic mass is 79.9. The van der Waals surface area contributed by atoms with Crippen LogP contribution in [0.3, 0.4) is 0 Å². The molecule has 3 rings (SSSR count). The highest BCUT2D eigenvalue weighted by molar-refractivity contribution is 9.10. The van der Waals surface area contributed by atoms with Gasteiger partial charge in [0.05, 0.1) is 24.8 Å². The van der Waals surface area contributed by atoms with E-state index in [9.17, 15) is 19.8 Å². The second-order valence-electron chi connectivity index (χ2n) is 7.50. The lowest BCUT2D eigenvalue weighted by Gasteiger charge is -2.24. The number of ether oxygens (including phenoxy) is 1. The summed E-state index contributed by atoms with van der Waals surface area (Å²) in [6, 6.07) is 13.2. The molecule has 30 heavy (non-hydrogen) atoms. The first-order valence-corrected chi connectivity index (χ1v) is 10.5. The highest BCUT2D eigenvalue weighted by Crippen LogP contribution is 2.39. The fourth-order valence-electron chi connectivity index (χ4n) is 3.37. The van der Waals surface area contributed by atoms with Gasteiger partial charge in [0.15, 0.2) is 0 Å². The van der Waals surface area contributed by atoms with Gasteiger partial charge in [-0.25, -0.2) is 0 Å². The summed E-state index contributed by atoms with van der Waals surface area (Å²) >= 11 is 3.40. The van der Waals surface area contributed by atoms with Gasteiger partial charge in [0.2, 0.25) is 0 Å². The van der Waals surface area contributed by atoms with Crippen LogP contribution in [0.25, 0.3) is 5.76 Å². The first-order valence-electron chi connectivity index (χ1n) is 9.71. The molecule has 1 atom stereocenters. The fourth-order valence-corrected chi connectivity index (χ4v) is 3.79. The number of carbonyl (C=O) groups excluding carboxylic acids is 2. The Bertz CT molecular complexity index is 968. The van der Waals surface area contributed by atoms with Crippen molar-refractivity contribution < 1.29 is 24.5 Å². The van der Waals surface area contributed by atoms with Crippen LogP contribution in [0.4, 0.5) is 0 Å². The van der Waals surface area contributed by atoms with E-state index in [1.807, 2.05) is 19.9 Å². The SMILES string of the molecule is CC(C)COc1ccc(/C(O)=C2/C(=O)C(=O)N(CCO)C2c2cccc(Br)c2)cc1. The summed E-state index contributed by atoms with van der Waals surface area (Å²) in [5.74, 6) is -0.733. The van der Waals surface area contributed by atoms with Gasteiger partial charge in [0.1, 0.15) is 11.5 Å². The second-order valence-corrected chi connectivity index (χ2v) is 8.42. The molecule has 2 aromatic carbocycles. The van der Waals surface area contributed by atoms with Crippen LogP contribution < -0.4 is 4.74 Å². The monoisotopic (exact) mass is 473 g/mol. The Morgan fingerprint density at radius 2 is 1.87 bits per heavy atom. The number of benzene rings is 2. The summed E-state index contributed by atoms with van der Waals surface area (Å²) in [6.45, 7) is 4.36. The Morgan fingerprint density at radius 1 is 1.17 bits per heavy atom. The van der Waals surface area contributed by atoms with Crippen molar-refractivity contribution in [2.24, 2.45) is 5.92 Å². The van der Waals surface area contributed by atoms with E-state index < -0.39 is 17.7 Å². The second kappa shape index (κ2) is 9.45. The Kier molecular flexibility index (Phi) is 6.95. The maximum Gasteiger partial charge on any atom is 0.295 e. The van der Waals surface area contributed by atoms with Crippen LogP contribution in [-0.2, 0) is 9.59 Å². The molecule has 1 fully saturated rings. The molecule has 0 radical (unpaired) electrons. The molecule has 7 heteroatoms. The Hall–Kier alpha value is -2.64. The molecule has 0 bridgehead atoms. The van der Waals surface area contributed by atoms with Crippen LogP contribution in [0, 0.1) is 5.92 Å². The molecule has 1 aliphatic rings. The lowest BCUT2D eigenvalue weighted by Crippen LogP contribution is -2.32. The minimum atomic E-state index is -0.786. The van der Waals surface area contributed by atoms with Gasteiger partial charge in [-0.15, -0.1) is 0 Å². The van der Waals surface area contributed by atoms with E-state index in [0.717, 1.165) is 4.47 Å². The van der Waals surface area contributed by atoms with E-state index >= 15 is 0 Å². The molecule has 158 valence electrons. The van der Waals surface area contributed by atoms with Gasteiger partial charge in [0, 0.05) is 16.6 Å². The topological polar surface area (TPSA) is 87.1 Å². The van der Waals surface area contributed by atoms with E-state index in [1.54, 1.807) is 42.5 Å². The molecule has 1 saturated heterocycles. The average Bonchev–Trinajstić information content (AvgIpc) is 2.97. The van der Waals surface area contributed by atoms with Gasteiger partial charge in [-0.05, 0) is 47.9 Å². The van der Waals surface area contributed by atoms with Crippen molar-refractivity contribution in [3.63, 3.8) is 0 Å². The number of Topliss-reactive ketones (excluding diaryl/α,β-unsaturated/α-hetero) is 1. The van der Waals surface area contributed by atoms with Crippen LogP contribution in [0.2, 0.25) is 0 Å². The summed E-state index contributed by atoms with van der Waals surface area (Å²) in [6.07, 6.45) is 0. The van der Waals surface area contributed by atoms with E-state index in [4.69, 9.17) is 4.74 Å². The first kappa shape index (κ1) is 22.1. The van der Waals surface area contributed by atoms with Crippen molar-refractivity contribution in [1.82, 2.24) is 4.90 Å². The quantitative estimate of drug-likeness (QED) is 0.361. The van der Waals surface area contributed by atoms with Gasteiger partial charge >= 0.3 is 0 Å². The van der Waals surface area contributed by atoms with Crippen LogP contribution in [0.5, 0.6) is 5.75 Å². The molecule has 1 unspecified atom stereocenters. The minimum Gasteiger partial charge on any atom is -0.507 e. The van der Waals surface area contributed by atoms with Crippen molar-refractivity contribution in [3.8, 4) is 5.75 Å². The van der Waals surface area contributed by atoms with Crippen LogP contribution in [0.15, 0.2) is 58.6 Å². The van der Waals surface area contributed by atoms with Crippen LogP contribution in [0.1, 0.15) is 31.0 Å². The van der Waals surface area contributed by atoms with Crippen molar-refractivity contribution in [1.29, 1.82) is 0 Å². The van der Waals surface area contributed by atoms with Crippen molar-refractivity contribution in [3.05, 3.63) is 69.7 Å². The summed E-state index contributed by atoms with van der Waals surface area (Å²) in [5, 5.41) is 20.4. The lowest BCUT2D eigenvalue weighted by molar-refractivity contribution is -0.140.